The van der Waals surface area contributed by atoms with Gasteiger partial charge in [-0.3, -0.25) is 0 Å². The van der Waals surface area contributed by atoms with Crippen LogP contribution in [0.4, 0.5) is 0 Å². The summed E-state index contributed by atoms with van der Waals surface area (Å²) in [5.41, 5.74) is 6.79. The number of nitrogens with zero attached hydrogens (tertiary/aromatic N) is 1. The predicted molar refractivity (Wildman–Crippen MR) is 45.8 cm³/mol. The Morgan fingerprint density at radius 2 is 2.42 bits per heavy atom. The topological polar surface area (TPSA) is 52.0 Å². The lowest BCUT2D eigenvalue weighted by Crippen LogP contribution is -2.20. The Morgan fingerprint density at radius 1 is 1.67 bits per heavy atom. The van der Waals surface area contributed by atoms with Crippen LogP contribution in [-0.2, 0) is 11.8 Å². The van der Waals surface area contributed by atoms with E-state index in [2.05, 4.69) is 11.9 Å². The number of hydrogen-bond acceptors (Lipinski definition) is 3. The van der Waals surface area contributed by atoms with Crippen molar-refractivity contribution in [3.63, 3.8) is 0 Å². The third kappa shape index (κ3) is 1.05. The second-order valence-corrected chi connectivity index (χ2v) is 3.48. The molecule has 1 aromatic rings. The van der Waals surface area contributed by atoms with Crippen molar-refractivity contribution in [3.05, 3.63) is 17.8 Å². The van der Waals surface area contributed by atoms with Gasteiger partial charge in [0.2, 0.25) is 5.89 Å². The maximum atomic E-state index is 5.65. The Morgan fingerprint density at radius 3 is 2.83 bits per heavy atom. The van der Waals surface area contributed by atoms with Crippen molar-refractivity contribution >= 4 is 0 Å². The van der Waals surface area contributed by atoms with Gasteiger partial charge in [0.1, 0.15) is 6.26 Å². The lowest BCUT2D eigenvalue weighted by Gasteiger charge is -2.04. The van der Waals surface area contributed by atoms with E-state index in [1.54, 1.807) is 6.26 Å². The summed E-state index contributed by atoms with van der Waals surface area (Å²) >= 11 is 0. The molecule has 1 saturated carbocycles. The van der Waals surface area contributed by atoms with Crippen molar-refractivity contribution in [2.24, 2.45) is 5.73 Å². The highest BCUT2D eigenvalue weighted by Crippen LogP contribution is 2.46. The summed E-state index contributed by atoms with van der Waals surface area (Å²) in [6, 6.07) is 0. The summed E-state index contributed by atoms with van der Waals surface area (Å²) in [6.07, 6.45) is 4.94. The number of rotatable bonds is 3. The number of aromatic nitrogens is 1. The van der Waals surface area contributed by atoms with Crippen LogP contribution >= 0.6 is 0 Å². The minimum atomic E-state index is 0.105. The fourth-order valence-electron chi connectivity index (χ4n) is 1.37. The molecule has 1 aromatic heterocycles. The zero-order valence-corrected chi connectivity index (χ0v) is 7.34. The first kappa shape index (κ1) is 7.80. The van der Waals surface area contributed by atoms with E-state index in [4.69, 9.17) is 10.2 Å². The summed E-state index contributed by atoms with van der Waals surface area (Å²) in [5.74, 6) is 0.849. The molecule has 3 heteroatoms. The maximum Gasteiger partial charge on any atom is 0.201 e. The molecule has 1 aliphatic carbocycles. The Kier molecular flexibility index (Phi) is 1.68. The summed E-state index contributed by atoms with van der Waals surface area (Å²) in [4.78, 5) is 4.39. The molecule has 0 unspecified atom stereocenters. The fourth-order valence-corrected chi connectivity index (χ4v) is 1.37. The molecule has 1 heterocycles. The average molecular weight is 166 g/mol. The summed E-state index contributed by atoms with van der Waals surface area (Å²) in [5, 5.41) is 0. The van der Waals surface area contributed by atoms with Crippen LogP contribution in [0.2, 0.25) is 0 Å². The Labute approximate surface area is 72.0 Å². The van der Waals surface area contributed by atoms with Crippen molar-refractivity contribution in [2.45, 2.75) is 31.6 Å². The van der Waals surface area contributed by atoms with Gasteiger partial charge >= 0.3 is 0 Å². The standard InChI is InChI=1S/C9H14N2O/c1-2-7-5-12-8(11-7)9(6-10)3-4-9/h5H,2-4,6,10H2,1H3. The van der Waals surface area contributed by atoms with Crippen LogP contribution in [0.1, 0.15) is 31.4 Å². The molecule has 0 atom stereocenters. The third-order valence-electron chi connectivity index (χ3n) is 2.61. The van der Waals surface area contributed by atoms with Crippen molar-refractivity contribution in [1.29, 1.82) is 0 Å². The smallest absolute Gasteiger partial charge is 0.201 e. The normalized spacial score (nSPS) is 19.5. The van der Waals surface area contributed by atoms with Crippen LogP contribution in [0.5, 0.6) is 0 Å². The van der Waals surface area contributed by atoms with Gasteiger partial charge in [0.25, 0.3) is 0 Å². The van der Waals surface area contributed by atoms with Gasteiger partial charge in [-0.15, -0.1) is 0 Å². The second-order valence-electron chi connectivity index (χ2n) is 3.48. The van der Waals surface area contributed by atoms with Crippen molar-refractivity contribution in [3.8, 4) is 0 Å². The lowest BCUT2D eigenvalue weighted by atomic mass is 10.1. The molecule has 1 fully saturated rings. The van der Waals surface area contributed by atoms with E-state index in [-0.39, 0.29) is 5.41 Å². The summed E-state index contributed by atoms with van der Waals surface area (Å²) in [6.45, 7) is 2.74. The van der Waals surface area contributed by atoms with Gasteiger partial charge in [-0.25, -0.2) is 4.98 Å². The van der Waals surface area contributed by atoms with Gasteiger partial charge in [-0.1, -0.05) is 6.92 Å². The Hall–Kier alpha value is -0.830. The molecule has 66 valence electrons. The number of oxazole rings is 1. The first-order valence-corrected chi connectivity index (χ1v) is 4.46. The first-order valence-electron chi connectivity index (χ1n) is 4.46. The summed E-state index contributed by atoms with van der Waals surface area (Å²) in [7, 11) is 0. The van der Waals surface area contributed by atoms with Gasteiger partial charge in [0.15, 0.2) is 0 Å². The van der Waals surface area contributed by atoms with Gasteiger partial charge in [0.05, 0.1) is 11.1 Å². The van der Waals surface area contributed by atoms with Gasteiger partial charge < -0.3 is 10.2 Å². The second kappa shape index (κ2) is 2.59. The highest BCUT2D eigenvalue weighted by Gasteiger charge is 2.47. The zero-order valence-electron chi connectivity index (χ0n) is 7.34. The average Bonchev–Trinajstić information content (AvgIpc) is 2.77. The van der Waals surface area contributed by atoms with E-state index in [0.29, 0.717) is 6.54 Å². The Bertz CT molecular complexity index is 276. The fraction of sp³-hybridized carbons (Fsp3) is 0.667. The largest absolute Gasteiger partial charge is 0.448 e. The molecule has 2 N–H and O–H groups in total. The highest BCUT2D eigenvalue weighted by atomic mass is 16.3. The van der Waals surface area contributed by atoms with Crippen molar-refractivity contribution in [2.75, 3.05) is 6.54 Å². The maximum absolute atomic E-state index is 5.65. The van der Waals surface area contributed by atoms with Crippen LogP contribution in [0.25, 0.3) is 0 Å². The van der Waals surface area contributed by atoms with Gasteiger partial charge in [-0.2, -0.15) is 0 Å². The van der Waals surface area contributed by atoms with E-state index < -0.39 is 0 Å². The molecular formula is C9H14N2O. The van der Waals surface area contributed by atoms with Crippen LogP contribution in [-0.4, -0.2) is 11.5 Å². The highest BCUT2D eigenvalue weighted by molar-refractivity contribution is 5.17. The predicted octanol–water partition coefficient (Wildman–Crippen LogP) is 1.23. The molecule has 0 aromatic carbocycles. The molecule has 2 rings (SSSR count). The number of nitrogens with two attached hydrogens (primary N) is 1. The molecule has 0 amide bonds. The lowest BCUT2D eigenvalue weighted by molar-refractivity contribution is 0.437. The first-order chi connectivity index (χ1) is 5.80. The van der Waals surface area contributed by atoms with Gasteiger partial charge in [-0.05, 0) is 19.3 Å². The van der Waals surface area contributed by atoms with E-state index in [1.807, 2.05) is 0 Å². The molecule has 0 radical (unpaired) electrons. The molecule has 0 aliphatic heterocycles. The molecular weight excluding hydrogens is 152 g/mol. The summed E-state index contributed by atoms with van der Waals surface area (Å²) < 4.78 is 5.38. The molecule has 12 heavy (non-hydrogen) atoms. The monoisotopic (exact) mass is 166 g/mol. The molecule has 0 bridgehead atoms. The molecule has 0 saturated heterocycles. The zero-order chi connectivity index (χ0) is 8.60. The van der Waals surface area contributed by atoms with E-state index in [1.165, 1.54) is 0 Å². The van der Waals surface area contributed by atoms with Crippen molar-refractivity contribution in [1.82, 2.24) is 4.98 Å². The molecule has 0 spiro atoms. The minimum absolute atomic E-state index is 0.105. The molecule has 3 nitrogen and oxygen atoms in total. The van der Waals surface area contributed by atoms with Crippen LogP contribution in [0.3, 0.4) is 0 Å². The van der Waals surface area contributed by atoms with Crippen LogP contribution in [0, 0.1) is 0 Å². The van der Waals surface area contributed by atoms with E-state index in [9.17, 15) is 0 Å². The minimum Gasteiger partial charge on any atom is -0.448 e. The van der Waals surface area contributed by atoms with Crippen molar-refractivity contribution < 1.29 is 4.42 Å². The van der Waals surface area contributed by atoms with E-state index >= 15 is 0 Å². The quantitative estimate of drug-likeness (QED) is 0.734. The third-order valence-corrected chi connectivity index (χ3v) is 2.61. The number of hydrogen-bond donors (Lipinski definition) is 1. The number of aryl methyl sites for hydroxylation is 1. The van der Waals surface area contributed by atoms with Gasteiger partial charge in [0, 0.05) is 6.54 Å². The molecule has 1 aliphatic rings. The van der Waals surface area contributed by atoms with Crippen LogP contribution in [0.15, 0.2) is 10.7 Å². The van der Waals surface area contributed by atoms with Crippen LogP contribution < -0.4 is 5.73 Å². The SMILES string of the molecule is CCc1coc(C2(CN)CC2)n1. The Balaban J connectivity index is 2.23. The van der Waals surface area contributed by atoms with E-state index in [0.717, 1.165) is 30.8 Å².